The molecule has 4 rings (SSSR count). The lowest BCUT2D eigenvalue weighted by molar-refractivity contribution is -0.143. The predicted octanol–water partition coefficient (Wildman–Crippen LogP) is 3.59. The first-order valence-electron chi connectivity index (χ1n) is 9.70. The number of likely N-dealkylation sites (tertiary alicyclic amines) is 1. The molecule has 0 atom stereocenters. The van der Waals surface area contributed by atoms with E-state index in [9.17, 15) is 14.0 Å². The standard InChI is InChI=1S/C23H19FN4O2/c24-17-3-6-21-20(13-17)19(7-10-26-21)16-8-11-28(12-9-16)23(30)22(29)27-18-4-1-15(14-25)2-5-18/h1-7,10,13,16H,8-9,11-12H2,(H,27,29). The molecule has 1 aliphatic rings. The second kappa shape index (κ2) is 8.29. The monoisotopic (exact) mass is 402 g/mol. The van der Waals surface area contributed by atoms with Crippen molar-refractivity contribution in [2.24, 2.45) is 0 Å². The van der Waals surface area contributed by atoms with E-state index in [2.05, 4.69) is 10.3 Å². The Hall–Kier alpha value is -3.79. The number of nitrogens with zero attached hydrogens (tertiary/aromatic N) is 3. The van der Waals surface area contributed by atoms with Crippen LogP contribution in [0.5, 0.6) is 0 Å². The Labute approximate surface area is 172 Å². The van der Waals surface area contributed by atoms with Crippen molar-refractivity contribution in [3.05, 3.63) is 71.7 Å². The molecule has 1 N–H and O–H groups in total. The average molecular weight is 402 g/mol. The zero-order valence-electron chi connectivity index (χ0n) is 16.1. The van der Waals surface area contributed by atoms with Gasteiger partial charge in [0.1, 0.15) is 5.82 Å². The molecule has 3 aromatic rings. The summed E-state index contributed by atoms with van der Waals surface area (Å²) in [6, 6.07) is 14.8. The Balaban J connectivity index is 1.40. The molecule has 0 saturated carbocycles. The molecule has 0 bridgehead atoms. The van der Waals surface area contributed by atoms with E-state index in [0.29, 0.717) is 37.2 Å². The van der Waals surface area contributed by atoms with Crippen LogP contribution in [-0.4, -0.2) is 34.8 Å². The third kappa shape index (κ3) is 3.98. The molecular formula is C23H19FN4O2. The Morgan fingerprint density at radius 1 is 1.10 bits per heavy atom. The lowest BCUT2D eigenvalue weighted by Gasteiger charge is -2.32. The van der Waals surface area contributed by atoms with E-state index in [0.717, 1.165) is 16.5 Å². The first-order chi connectivity index (χ1) is 14.5. The minimum Gasteiger partial charge on any atom is -0.334 e. The molecule has 0 aliphatic carbocycles. The van der Waals surface area contributed by atoms with Crippen LogP contribution in [0.4, 0.5) is 10.1 Å². The van der Waals surface area contributed by atoms with E-state index in [4.69, 9.17) is 5.26 Å². The highest BCUT2D eigenvalue weighted by molar-refractivity contribution is 6.39. The molecule has 0 radical (unpaired) electrons. The molecule has 30 heavy (non-hydrogen) atoms. The summed E-state index contributed by atoms with van der Waals surface area (Å²) in [6.45, 7) is 0.896. The van der Waals surface area contributed by atoms with Gasteiger partial charge in [-0.1, -0.05) is 0 Å². The molecule has 2 heterocycles. The summed E-state index contributed by atoms with van der Waals surface area (Å²) >= 11 is 0. The SMILES string of the molecule is N#Cc1ccc(NC(=O)C(=O)N2CCC(c3ccnc4ccc(F)cc34)CC2)cc1. The van der Waals surface area contributed by atoms with Gasteiger partial charge in [-0.2, -0.15) is 5.26 Å². The fourth-order valence-corrected chi connectivity index (χ4v) is 3.85. The number of amides is 2. The van der Waals surface area contributed by atoms with E-state index in [-0.39, 0.29) is 11.7 Å². The van der Waals surface area contributed by atoms with Crippen LogP contribution in [0, 0.1) is 17.1 Å². The molecule has 2 amide bonds. The van der Waals surface area contributed by atoms with Crippen molar-refractivity contribution >= 4 is 28.4 Å². The molecule has 1 fully saturated rings. The predicted molar refractivity (Wildman–Crippen MR) is 110 cm³/mol. The second-order valence-electron chi connectivity index (χ2n) is 7.27. The molecule has 0 spiro atoms. The molecule has 1 saturated heterocycles. The van der Waals surface area contributed by atoms with Crippen molar-refractivity contribution in [3.8, 4) is 6.07 Å². The molecule has 6 nitrogen and oxygen atoms in total. The highest BCUT2D eigenvalue weighted by atomic mass is 19.1. The Morgan fingerprint density at radius 2 is 1.83 bits per heavy atom. The number of hydrogen-bond donors (Lipinski definition) is 1. The number of rotatable bonds is 2. The van der Waals surface area contributed by atoms with Crippen LogP contribution >= 0.6 is 0 Å². The van der Waals surface area contributed by atoms with Gasteiger partial charge in [0.2, 0.25) is 0 Å². The van der Waals surface area contributed by atoms with Gasteiger partial charge in [0, 0.05) is 30.4 Å². The molecule has 1 aliphatic heterocycles. The highest BCUT2D eigenvalue weighted by Gasteiger charge is 2.28. The Bertz CT molecular complexity index is 1150. The van der Waals surface area contributed by atoms with Crippen molar-refractivity contribution in [1.29, 1.82) is 5.26 Å². The van der Waals surface area contributed by atoms with Crippen LogP contribution in [0.1, 0.15) is 29.9 Å². The van der Waals surface area contributed by atoms with Crippen molar-refractivity contribution in [2.45, 2.75) is 18.8 Å². The molecule has 1 aromatic heterocycles. The molecular weight excluding hydrogens is 383 g/mol. The van der Waals surface area contributed by atoms with Gasteiger partial charge in [-0.25, -0.2) is 4.39 Å². The minimum atomic E-state index is -0.699. The quantitative estimate of drug-likeness (QED) is 0.664. The van der Waals surface area contributed by atoms with Gasteiger partial charge in [0.25, 0.3) is 0 Å². The number of hydrogen-bond acceptors (Lipinski definition) is 4. The fourth-order valence-electron chi connectivity index (χ4n) is 3.85. The van der Waals surface area contributed by atoms with Gasteiger partial charge in [-0.3, -0.25) is 14.6 Å². The summed E-state index contributed by atoms with van der Waals surface area (Å²) in [5.41, 5.74) is 2.71. The number of pyridine rings is 1. The maximum absolute atomic E-state index is 13.7. The Kier molecular flexibility index (Phi) is 5.40. The van der Waals surface area contributed by atoms with Crippen molar-refractivity contribution < 1.29 is 14.0 Å². The van der Waals surface area contributed by atoms with Gasteiger partial charge in [-0.05, 0) is 72.9 Å². The zero-order chi connectivity index (χ0) is 21.1. The number of carbonyl (C=O) groups excluding carboxylic acids is 2. The number of nitrogens with one attached hydrogen (secondary N) is 1. The summed E-state index contributed by atoms with van der Waals surface area (Å²) in [5, 5.41) is 12.2. The summed E-state index contributed by atoms with van der Waals surface area (Å²) in [4.78, 5) is 30.7. The van der Waals surface area contributed by atoms with Crippen LogP contribution in [0.15, 0.2) is 54.7 Å². The first-order valence-corrected chi connectivity index (χ1v) is 9.70. The number of aromatic nitrogens is 1. The number of fused-ring (bicyclic) bond motifs is 1. The lowest BCUT2D eigenvalue weighted by Crippen LogP contribution is -2.43. The topological polar surface area (TPSA) is 86.1 Å². The summed E-state index contributed by atoms with van der Waals surface area (Å²) in [5.74, 6) is -1.41. The number of halogens is 1. The van der Waals surface area contributed by atoms with Crippen molar-refractivity contribution in [2.75, 3.05) is 18.4 Å². The van der Waals surface area contributed by atoms with Crippen LogP contribution in [0.3, 0.4) is 0 Å². The number of nitriles is 1. The van der Waals surface area contributed by atoms with Crippen LogP contribution in [0.2, 0.25) is 0 Å². The smallest absolute Gasteiger partial charge is 0.313 e. The maximum atomic E-state index is 13.7. The third-order valence-electron chi connectivity index (χ3n) is 5.43. The maximum Gasteiger partial charge on any atom is 0.313 e. The zero-order valence-corrected chi connectivity index (χ0v) is 16.1. The van der Waals surface area contributed by atoms with E-state index in [1.54, 1.807) is 41.4 Å². The summed E-state index contributed by atoms with van der Waals surface area (Å²) < 4.78 is 13.7. The largest absolute Gasteiger partial charge is 0.334 e. The van der Waals surface area contributed by atoms with Gasteiger partial charge in [-0.15, -0.1) is 0 Å². The van der Waals surface area contributed by atoms with E-state index in [1.165, 1.54) is 12.1 Å². The number of carbonyl (C=O) groups is 2. The lowest BCUT2D eigenvalue weighted by atomic mass is 9.87. The van der Waals surface area contributed by atoms with Crippen molar-refractivity contribution in [1.82, 2.24) is 9.88 Å². The summed E-state index contributed by atoms with van der Waals surface area (Å²) in [6.07, 6.45) is 3.09. The van der Waals surface area contributed by atoms with Crippen LogP contribution in [0.25, 0.3) is 10.9 Å². The average Bonchev–Trinajstić information content (AvgIpc) is 2.78. The molecule has 0 unspecified atom stereocenters. The number of piperidine rings is 1. The van der Waals surface area contributed by atoms with Gasteiger partial charge in [0.05, 0.1) is 17.1 Å². The van der Waals surface area contributed by atoms with Gasteiger partial charge >= 0.3 is 11.8 Å². The minimum absolute atomic E-state index is 0.169. The van der Waals surface area contributed by atoms with E-state index in [1.807, 2.05) is 12.1 Å². The Morgan fingerprint density at radius 3 is 2.53 bits per heavy atom. The first kappa shape index (κ1) is 19.5. The highest BCUT2D eigenvalue weighted by Crippen LogP contribution is 2.32. The second-order valence-corrected chi connectivity index (χ2v) is 7.27. The van der Waals surface area contributed by atoms with Gasteiger partial charge in [0.15, 0.2) is 0 Å². The third-order valence-corrected chi connectivity index (χ3v) is 5.43. The van der Waals surface area contributed by atoms with E-state index < -0.39 is 11.8 Å². The molecule has 2 aromatic carbocycles. The number of anilines is 1. The van der Waals surface area contributed by atoms with E-state index >= 15 is 0 Å². The fraction of sp³-hybridized carbons (Fsp3) is 0.217. The molecule has 7 heteroatoms. The van der Waals surface area contributed by atoms with Crippen LogP contribution < -0.4 is 5.32 Å². The van der Waals surface area contributed by atoms with Crippen molar-refractivity contribution in [3.63, 3.8) is 0 Å². The van der Waals surface area contributed by atoms with Crippen LogP contribution in [-0.2, 0) is 9.59 Å². The number of benzene rings is 2. The van der Waals surface area contributed by atoms with Gasteiger partial charge < -0.3 is 10.2 Å². The summed E-state index contributed by atoms with van der Waals surface area (Å²) in [7, 11) is 0. The normalized spacial score (nSPS) is 14.3. The molecule has 150 valence electrons.